The first-order valence-electron chi connectivity index (χ1n) is 4.21. The van der Waals surface area contributed by atoms with E-state index in [-0.39, 0.29) is 10.5 Å². The number of benzene rings is 1. The van der Waals surface area contributed by atoms with E-state index >= 15 is 0 Å². The average molecular weight is 206 g/mol. The van der Waals surface area contributed by atoms with Gasteiger partial charge in [0.05, 0.1) is 5.69 Å². The van der Waals surface area contributed by atoms with Crippen LogP contribution in [-0.4, -0.2) is 4.98 Å². The summed E-state index contributed by atoms with van der Waals surface area (Å²) in [4.78, 5) is 14.2. The summed E-state index contributed by atoms with van der Waals surface area (Å²) in [5.41, 5.74) is 1.42. The van der Waals surface area contributed by atoms with E-state index in [4.69, 9.17) is 11.6 Å². The summed E-state index contributed by atoms with van der Waals surface area (Å²) in [5.74, 6) is 0. The van der Waals surface area contributed by atoms with Crippen molar-refractivity contribution in [1.82, 2.24) is 4.98 Å². The van der Waals surface area contributed by atoms with Crippen molar-refractivity contribution in [3.05, 3.63) is 57.8 Å². The molecule has 0 aliphatic heterocycles. The van der Waals surface area contributed by atoms with Gasteiger partial charge in [-0.2, -0.15) is 0 Å². The number of hydrogen-bond donors (Lipinski definition) is 1. The fourth-order valence-corrected chi connectivity index (χ4v) is 1.50. The fourth-order valence-electron chi connectivity index (χ4n) is 1.28. The first kappa shape index (κ1) is 9.03. The number of pyridine rings is 1. The fraction of sp³-hybridized carbons (Fsp3) is 0. The molecule has 0 saturated heterocycles. The molecule has 0 spiro atoms. The lowest BCUT2D eigenvalue weighted by Crippen LogP contribution is -2.01. The van der Waals surface area contributed by atoms with Gasteiger partial charge in [0.1, 0.15) is 5.02 Å². The summed E-state index contributed by atoms with van der Waals surface area (Å²) in [6, 6.07) is 10.9. The molecule has 0 fully saturated rings. The minimum absolute atomic E-state index is 0.163. The van der Waals surface area contributed by atoms with Gasteiger partial charge in [-0.3, -0.25) is 4.79 Å². The SMILES string of the molecule is O=c1cc[nH]c(-c2ccccc2)c1Cl. The molecule has 0 atom stereocenters. The number of rotatable bonds is 1. The predicted octanol–water partition coefficient (Wildman–Crippen LogP) is 2.70. The summed E-state index contributed by atoms with van der Waals surface area (Å²) in [5, 5.41) is 0.235. The van der Waals surface area contributed by atoms with Gasteiger partial charge in [0.15, 0.2) is 0 Å². The van der Waals surface area contributed by atoms with Crippen molar-refractivity contribution in [2.24, 2.45) is 0 Å². The van der Waals surface area contributed by atoms with E-state index in [0.29, 0.717) is 5.69 Å². The molecule has 14 heavy (non-hydrogen) atoms. The maximum Gasteiger partial charge on any atom is 0.200 e. The lowest BCUT2D eigenvalue weighted by Gasteiger charge is -2.02. The van der Waals surface area contributed by atoms with Gasteiger partial charge < -0.3 is 4.98 Å². The standard InChI is InChI=1S/C11H8ClNO/c12-10-9(14)6-7-13-11(10)8-4-2-1-3-5-8/h1-7H,(H,13,14). The van der Waals surface area contributed by atoms with Crippen LogP contribution in [0.3, 0.4) is 0 Å². The molecule has 0 radical (unpaired) electrons. The number of halogens is 1. The first-order valence-corrected chi connectivity index (χ1v) is 4.59. The van der Waals surface area contributed by atoms with Crippen LogP contribution in [0.1, 0.15) is 0 Å². The van der Waals surface area contributed by atoms with Crippen molar-refractivity contribution in [3.63, 3.8) is 0 Å². The van der Waals surface area contributed by atoms with Gasteiger partial charge in [0, 0.05) is 12.3 Å². The number of H-pyrrole nitrogens is 1. The van der Waals surface area contributed by atoms with Crippen molar-refractivity contribution < 1.29 is 0 Å². The van der Waals surface area contributed by atoms with E-state index in [0.717, 1.165) is 5.56 Å². The quantitative estimate of drug-likeness (QED) is 0.763. The summed E-state index contributed by atoms with van der Waals surface area (Å²) < 4.78 is 0. The van der Waals surface area contributed by atoms with Crippen LogP contribution in [0.25, 0.3) is 11.3 Å². The number of nitrogens with one attached hydrogen (secondary N) is 1. The van der Waals surface area contributed by atoms with Gasteiger partial charge in [-0.05, 0) is 5.56 Å². The Kier molecular flexibility index (Phi) is 2.37. The van der Waals surface area contributed by atoms with E-state index in [9.17, 15) is 4.79 Å². The van der Waals surface area contributed by atoms with Gasteiger partial charge in [0.2, 0.25) is 5.43 Å². The van der Waals surface area contributed by atoms with Gasteiger partial charge in [0.25, 0.3) is 0 Å². The molecule has 0 amide bonds. The third kappa shape index (κ3) is 1.56. The molecule has 0 saturated carbocycles. The summed E-state index contributed by atoms with van der Waals surface area (Å²) in [6.45, 7) is 0. The molecular weight excluding hydrogens is 198 g/mol. The van der Waals surface area contributed by atoms with Crippen LogP contribution in [0.4, 0.5) is 0 Å². The van der Waals surface area contributed by atoms with Crippen LogP contribution >= 0.6 is 11.6 Å². The van der Waals surface area contributed by atoms with Crippen molar-refractivity contribution in [3.8, 4) is 11.3 Å². The number of aromatic nitrogens is 1. The Bertz CT molecular complexity index is 490. The van der Waals surface area contributed by atoms with Gasteiger partial charge in [-0.25, -0.2) is 0 Å². The molecule has 1 aromatic carbocycles. The van der Waals surface area contributed by atoms with Crippen LogP contribution < -0.4 is 5.43 Å². The molecule has 2 rings (SSSR count). The zero-order valence-corrected chi connectivity index (χ0v) is 8.08. The Morgan fingerprint density at radius 2 is 1.79 bits per heavy atom. The van der Waals surface area contributed by atoms with E-state index in [2.05, 4.69) is 4.98 Å². The molecule has 1 aromatic heterocycles. The maximum atomic E-state index is 11.3. The molecule has 0 aliphatic carbocycles. The Hall–Kier alpha value is -1.54. The molecule has 2 nitrogen and oxygen atoms in total. The normalized spacial score (nSPS) is 10.1. The Morgan fingerprint density at radius 1 is 1.07 bits per heavy atom. The monoisotopic (exact) mass is 205 g/mol. The highest BCUT2D eigenvalue weighted by Gasteiger charge is 2.04. The zero-order chi connectivity index (χ0) is 9.97. The van der Waals surface area contributed by atoms with Crippen LogP contribution in [0.5, 0.6) is 0 Å². The summed E-state index contributed by atoms with van der Waals surface area (Å²) >= 11 is 5.88. The third-order valence-corrected chi connectivity index (χ3v) is 2.34. The van der Waals surface area contributed by atoms with Gasteiger partial charge in [-0.1, -0.05) is 41.9 Å². The third-order valence-electron chi connectivity index (χ3n) is 1.96. The first-order chi connectivity index (χ1) is 6.79. The van der Waals surface area contributed by atoms with Crippen molar-refractivity contribution in [2.75, 3.05) is 0 Å². The van der Waals surface area contributed by atoms with E-state index in [1.807, 2.05) is 30.3 Å². The second-order valence-corrected chi connectivity index (χ2v) is 3.27. The molecular formula is C11H8ClNO. The number of aromatic amines is 1. The topological polar surface area (TPSA) is 32.9 Å². The lowest BCUT2D eigenvalue weighted by atomic mass is 10.1. The average Bonchev–Trinajstić information content (AvgIpc) is 2.23. The highest BCUT2D eigenvalue weighted by Crippen LogP contribution is 2.21. The van der Waals surface area contributed by atoms with E-state index in [1.54, 1.807) is 6.20 Å². The molecule has 2 aromatic rings. The largest absolute Gasteiger partial charge is 0.360 e. The molecule has 3 heteroatoms. The van der Waals surface area contributed by atoms with Crippen molar-refractivity contribution in [2.45, 2.75) is 0 Å². The van der Waals surface area contributed by atoms with Crippen molar-refractivity contribution in [1.29, 1.82) is 0 Å². The lowest BCUT2D eigenvalue weighted by molar-refractivity contribution is 1.30. The van der Waals surface area contributed by atoms with Crippen LogP contribution in [-0.2, 0) is 0 Å². The molecule has 0 bridgehead atoms. The Labute approximate surface area is 86.2 Å². The van der Waals surface area contributed by atoms with Crippen molar-refractivity contribution >= 4 is 11.6 Å². The second-order valence-electron chi connectivity index (χ2n) is 2.90. The summed E-state index contributed by atoms with van der Waals surface area (Å²) in [6.07, 6.45) is 1.59. The highest BCUT2D eigenvalue weighted by atomic mass is 35.5. The minimum Gasteiger partial charge on any atom is -0.360 e. The summed E-state index contributed by atoms with van der Waals surface area (Å²) in [7, 11) is 0. The highest BCUT2D eigenvalue weighted by molar-refractivity contribution is 6.32. The predicted molar refractivity (Wildman–Crippen MR) is 57.5 cm³/mol. The van der Waals surface area contributed by atoms with Gasteiger partial charge >= 0.3 is 0 Å². The maximum absolute atomic E-state index is 11.3. The zero-order valence-electron chi connectivity index (χ0n) is 7.33. The molecule has 70 valence electrons. The van der Waals surface area contributed by atoms with Crippen LogP contribution in [0, 0.1) is 0 Å². The minimum atomic E-state index is -0.163. The van der Waals surface area contributed by atoms with Gasteiger partial charge in [-0.15, -0.1) is 0 Å². The van der Waals surface area contributed by atoms with Crippen LogP contribution in [0.15, 0.2) is 47.4 Å². The smallest absolute Gasteiger partial charge is 0.200 e. The van der Waals surface area contributed by atoms with E-state index < -0.39 is 0 Å². The van der Waals surface area contributed by atoms with E-state index in [1.165, 1.54) is 6.07 Å². The Morgan fingerprint density at radius 3 is 2.50 bits per heavy atom. The molecule has 1 N–H and O–H groups in total. The number of hydrogen-bond acceptors (Lipinski definition) is 1. The molecule has 0 aliphatic rings. The second kappa shape index (κ2) is 3.68. The Balaban J connectivity index is 2.64. The molecule has 1 heterocycles. The van der Waals surface area contributed by atoms with Crippen LogP contribution in [0.2, 0.25) is 5.02 Å². The molecule has 0 unspecified atom stereocenters.